The van der Waals surface area contributed by atoms with Gasteiger partial charge in [-0.2, -0.15) is 10.2 Å². The number of rotatable bonds is 0. The van der Waals surface area contributed by atoms with Crippen LogP contribution in [0.3, 0.4) is 0 Å². The predicted octanol–water partition coefficient (Wildman–Crippen LogP) is 0.633. The largest absolute Gasteiger partial charge is 0.251 e. The average molecular weight is 266 g/mol. The summed E-state index contributed by atoms with van der Waals surface area (Å²) in [6.45, 7) is 0. The van der Waals surface area contributed by atoms with Gasteiger partial charge in [0.05, 0.1) is 0 Å². The summed E-state index contributed by atoms with van der Waals surface area (Å²) in [6.07, 6.45) is 0. The molecule has 0 saturated carbocycles. The zero-order chi connectivity index (χ0) is 11.6. The first kappa shape index (κ1) is 8.95. The van der Waals surface area contributed by atoms with Crippen molar-refractivity contribution in [1.82, 2.24) is 39.5 Å². The summed E-state index contributed by atoms with van der Waals surface area (Å²) in [4.78, 5) is 0. The van der Waals surface area contributed by atoms with Gasteiger partial charge in [0.2, 0.25) is 32.1 Å². The lowest BCUT2D eigenvalue weighted by molar-refractivity contribution is 0.313. The molecule has 17 heavy (non-hydrogen) atoms. The Kier molecular flexibility index (Phi) is 1.45. The molecule has 0 aliphatic carbocycles. The van der Waals surface area contributed by atoms with Crippen molar-refractivity contribution in [1.29, 1.82) is 0 Å². The summed E-state index contributed by atoms with van der Waals surface area (Å²) in [7, 11) is 0. The maximum absolute atomic E-state index is 5.11. The first-order chi connectivity index (χ1) is 8.27. The van der Waals surface area contributed by atoms with Gasteiger partial charge in [-0.25, -0.2) is 13.4 Å². The highest BCUT2D eigenvalue weighted by atomic mass is 32.1. The Morgan fingerprint density at radius 3 is 1.76 bits per heavy atom. The molecule has 0 spiro atoms. The van der Waals surface area contributed by atoms with E-state index in [2.05, 4.69) is 30.7 Å². The Morgan fingerprint density at radius 2 is 1.29 bits per heavy atom. The van der Waals surface area contributed by atoms with Gasteiger partial charge in [-0.15, -0.1) is 0 Å². The Morgan fingerprint density at radius 1 is 0.824 bits per heavy atom. The minimum absolute atomic E-state index is 0.386. The predicted molar refractivity (Wildman–Crippen MR) is 59.7 cm³/mol. The van der Waals surface area contributed by atoms with Gasteiger partial charge in [0.25, 0.3) is 0 Å². The van der Waals surface area contributed by atoms with E-state index >= 15 is 0 Å². The highest BCUT2D eigenvalue weighted by Gasteiger charge is 2.17. The minimum Gasteiger partial charge on any atom is -0.251 e. The van der Waals surface area contributed by atoms with Crippen molar-refractivity contribution in [2.75, 3.05) is 0 Å². The van der Waals surface area contributed by atoms with Crippen molar-refractivity contribution in [2.45, 2.75) is 0 Å². The number of aromatic amines is 2. The van der Waals surface area contributed by atoms with E-state index in [0.29, 0.717) is 32.1 Å². The molecule has 4 rings (SSSR count). The fraction of sp³-hybridized carbons (Fsp3) is 0. The Bertz CT molecular complexity index is 884. The van der Waals surface area contributed by atoms with Gasteiger partial charge in [-0.3, -0.25) is 10.2 Å². The van der Waals surface area contributed by atoms with E-state index in [1.807, 2.05) is 0 Å². The molecular weight excluding hydrogens is 264 g/mol. The first-order valence-corrected chi connectivity index (χ1v) is 5.27. The third-order valence-corrected chi connectivity index (χ3v) is 2.97. The molecule has 4 heterocycles. The summed E-state index contributed by atoms with van der Waals surface area (Å²) in [6, 6.07) is 0. The number of fused-ring (bicyclic) bond motifs is 6. The minimum atomic E-state index is 0.386. The van der Waals surface area contributed by atoms with Crippen molar-refractivity contribution in [3.63, 3.8) is 0 Å². The van der Waals surface area contributed by atoms with Crippen LogP contribution in [0.25, 0.3) is 22.6 Å². The van der Waals surface area contributed by atoms with Crippen LogP contribution in [0.2, 0.25) is 0 Å². The molecule has 0 radical (unpaired) electrons. The molecule has 0 bridgehead atoms. The molecule has 4 aromatic heterocycles. The van der Waals surface area contributed by atoms with E-state index < -0.39 is 0 Å². The van der Waals surface area contributed by atoms with Gasteiger partial charge in [-0.1, -0.05) is 0 Å². The number of H-pyrrole nitrogens is 2. The van der Waals surface area contributed by atoms with Crippen molar-refractivity contribution in [2.24, 2.45) is 0 Å². The maximum atomic E-state index is 5.11. The van der Waals surface area contributed by atoms with E-state index in [4.69, 9.17) is 29.1 Å². The van der Waals surface area contributed by atoms with Gasteiger partial charge in [0, 0.05) is 0 Å². The van der Waals surface area contributed by atoms with E-state index in [1.165, 1.54) is 0 Å². The number of nitrogens with one attached hydrogen (secondary N) is 2. The van der Waals surface area contributed by atoms with Crippen molar-refractivity contribution in [3.8, 4) is 0 Å². The van der Waals surface area contributed by atoms with Crippen LogP contribution in [0.4, 0.5) is 0 Å². The van der Waals surface area contributed by atoms with Crippen molar-refractivity contribution < 1.29 is 4.63 Å². The van der Waals surface area contributed by atoms with E-state index in [-0.39, 0.29) is 0 Å². The lowest BCUT2D eigenvalue weighted by Crippen LogP contribution is -1.97. The van der Waals surface area contributed by atoms with Crippen LogP contribution < -0.4 is 0 Å². The van der Waals surface area contributed by atoms with E-state index in [1.54, 1.807) is 8.80 Å². The normalized spacial score (nSPS) is 12.0. The third-order valence-electron chi connectivity index (χ3n) is 2.42. The van der Waals surface area contributed by atoms with Gasteiger partial charge < -0.3 is 0 Å². The second-order valence-corrected chi connectivity index (χ2v) is 4.06. The van der Waals surface area contributed by atoms with Gasteiger partial charge >= 0.3 is 0 Å². The lowest BCUT2D eigenvalue weighted by atomic mass is 10.6. The molecule has 0 saturated heterocycles. The maximum Gasteiger partial charge on any atom is 0.231 e. The van der Waals surface area contributed by atoms with Crippen LogP contribution >= 0.6 is 24.4 Å². The topological polar surface area (TPSA) is 105 Å². The standard InChI is InChI=1S/C6H2N8OS2/c16-5-9-7-1-2-8-10-6(17)14(2)4-3(13(1)5)11-15-12-4/h(H,9,16)(H,10,17). The molecule has 0 unspecified atom stereocenters. The van der Waals surface area contributed by atoms with Crippen molar-refractivity contribution >= 4 is 47.0 Å². The molecule has 11 heteroatoms. The summed E-state index contributed by atoms with van der Waals surface area (Å²) < 4.78 is 8.66. The van der Waals surface area contributed by atoms with Crippen LogP contribution in [0.5, 0.6) is 0 Å². The molecule has 0 fully saturated rings. The van der Waals surface area contributed by atoms with Gasteiger partial charge in [0.1, 0.15) is 0 Å². The zero-order valence-corrected chi connectivity index (χ0v) is 9.54. The number of hydrogen-bond acceptors (Lipinski definition) is 7. The monoisotopic (exact) mass is 266 g/mol. The Labute approximate surface area is 101 Å². The van der Waals surface area contributed by atoms with Crippen LogP contribution in [0, 0.1) is 9.54 Å². The molecule has 0 amide bonds. The van der Waals surface area contributed by atoms with E-state index in [9.17, 15) is 0 Å². The summed E-state index contributed by atoms with van der Waals surface area (Å²) >= 11 is 10.2. The molecule has 0 aromatic carbocycles. The summed E-state index contributed by atoms with van der Waals surface area (Å²) in [5.74, 6) is 0. The number of aromatic nitrogens is 8. The highest BCUT2D eigenvalue weighted by Crippen LogP contribution is 2.17. The Balaban J connectivity index is 2.61. The summed E-state index contributed by atoms with van der Waals surface area (Å²) in [5, 5.41) is 21.1. The number of hydrogen-bond donors (Lipinski definition) is 2. The second kappa shape index (κ2) is 2.75. The molecule has 84 valence electrons. The third kappa shape index (κ3) is 0.927. The smallest absolute Gasteiger partial charge is 0.231 e. The molecule has 0 aliphatic heterocycles. The summed E-state index contributed by atoms with van der Waals surface area (Å²) in [5.41, 5.74) is 1.88. The first-order valence-electron chi connectivity index (χ1n) is 4.46. The second-order valence-electron chi connectivity index (χ2n) is 3.29. The van der Waals surface area contributed by atoms with Crippen LogP contribution in [0.1, 0.15) is 0 Å². The molecule has 0 aliphatic rings. The molecule has 2 N–H and O–H groups in total. The SMILES string of the molecule is S=c1[nH]nc2c3n[nH]c(=S)n3c3nonc3n12. The molecule has 4 aromatic rings. The average Bonchev–Trinajstić information content (AvgIpc) is 2.96. The van der Waals surface area contributed by atoms with E-state index in [0.717, 1.165) is 0 Å². The zero-order valence-electron chi connectivity index (χ0n) is 7.91. The molecule has 0 atom stereocenters. The van der Waals surface area contributed by atoms with Crippen LogP contribution in [0.15, 0.2) is 4.63 Å². The van der Waals surface area contributed by atoms with Gasteiger partial charge in [0.15, 0.2) is 0 Å². The quantitative estimate of drug-likeness (QED) is 0.450. The van der Waals surface area contributed by atoms with Crippen LogP contribution in [-0.4, -0.2) is 39.5 Å². The molecule has 9 nitrogen and oxygen atoms in total. The molecular formula is C6H2N8OS2. The van der Waals surface area contributed by atoms with Gasteiger partial charge in [-0.05, 0) is 34.7 Å². The fourth-order valence-corrected chi connectivity index (χ4v) is 2.19. The Hall–Kier alpha value is -2.14. The van der Waals surface area contributed by atoms with Crippen molar-refractivity contribution in [3.05, 3.63) is 9.54 Å². The number of nitrogens with zero attached hydrogens (tertiary/aromatic N) is 6. The van der Waals surface area contributed by atoms with Crippen LogP contribution in [-0.2, 0) is 0 Å². The highest BCUT2D eigenvalue weighted by molar-refractivity contribution is 7.71. The fourth-order valence-electron chi connectivity index (χ4n) is 1.75. The lowest BCUT2D eigenvalue weighted by Gasteiger charge is -1.95.